The molecule has 0 saturated carbocycles. The SMILES string of the molecule is O=C(O)CCCCCCN1C(=O)CC[C@@H]1/C=C/[C@@H](O)Cc1ccccc1. The molecule has 5 heteroatoms. The molecule has 2 N–H and O–H groups in total. The van der Waals surface area contributed by atoms with Crippen LogP contribution in [0.2, 0.25) is 0 Å². The van der Waals surface area contributed by atoms with Gasteiger partial charge in [-0.1, -0.05) is 55.3 Å². The third kappa shape index (κ3) is 7.00. The predicted molar refractivity (Wildman–Crippen MR) is 101 cm³/mol. The molecule has 142 valence electrons. The van der Waals surface area contributed by atoms with E-state index in [1.165, 1.54) is 0 Å². The van der Waals surface area contributed by atoms with Crippen molar-refractivity contribution in [3.8, 4) is 0 Å². The number of hydrogen-bond acceptors (Lipinski definition) is 3. The molecular formula is C21H29NO4. The molecule has 1 aromatic rings. The number of carboxylic acid groups (broad SMARTS) is 1. The van der Waals surface area contributed by atoms with Gasteiger partial charge < -0.3 is 15.1 Å². The van der Waals surface area contributed by atoms with Crippen LogP contribution in [0.4, 0.5) is 0 Å². The molecule has 2 rings (SSSR count). The Hall–Kier alpha value is -2.14. The molecule has 1 aromatic carbocycles. The fourth-order valence-electron chi connectivity index (χ4n) is 3.34. The van der Waals surface area contributed by atoms with Crippen molar-refractivity contribution in [2.75, 3.05) is 6.54 Å². The van der Waals surface area contributed by atoms with Crippen molar-refractivity contribution in [3.05, 3.63) is 48.0 Å². The molecule has 1 aliphatic heterocycles. The Bertz CT molecular complexity index is 599. The van der Waals surface area contributed by atoms with Gasteiger partial charge in [-0.2, -0.15) is 0 Å². The molecule has 1 amide bonds. The number of aliphatic hydroxyl groups is 1. The minimum Gasteiger partial charge on any atom is -0.481 e. The van der Waals surface area contributed by atoms with Crippen molar-refractivity contribution >= 4 is 11.9 Å². The van der Waals surface area contributed by atoms with Gasteiger partial charge in [0.25, 0.3) is 0 Å². The normalized spacial score (nSPS) is 18.6. The van der Waals surface area contributed by atoms with E-state index in [0.29, 0.717) is 25.8 Å². The first kappa shape index (κ1) is 20.2. The fourth-order valence-corrected chi connectivity index (χ4v) is 3.34. The number of hydrogen-bond donors (Lipinski definition) is 2. The summed E-state index contributed by atoms with van der Waals surface area (Å²) in [7, 11) is 0. The Morgan fingerprint density at radius 2 is 1.92 bits per heavy atom. The van der Waals surface area contributed by atoms with Gasteiger partial charge in [-0.25, -0.2) is 0 Å². The predicted octanol–water partition coefficient (Wildman–Crippen LogP) is 3.17. The highest BCUT2D eigenvalue weighted by atomic mass is 16.4. The smallest absolute Gasteiger partial charge is 0.303 e. The number of nitrogens with zero attached hydrogens (tertiary/aromatic N) is 1. The number of unbranched alkanes of at least 4 members (excludes halogenated alkanes) is 3. The van der Waals surface area contributed by atoms with Gasteiger partial charge in [-0.15, -0.1) is 0 Å². The van der Waals surface area contributed by atoms with Crippen molar-refractivity contribution in [2.45, 2.75) is 63.5 Å². The molecule has 0 aromatic heterocycles. The molecule has 0 aliphatic carbocycles. The summed E-state index contributed by atoms with van der Waals surface area (Å²) in [6.45, 7) is 0.704. The molecule has 1 saturated heterocycles. The average Bonchev–Trinajstić information content (AvgIpc) is 2.97. The average molecular weight is 359 g/mol. The van der Waals surface area contributed by atoms with Crippen molar-refractivity contribution < 1.29 is 19.8 Å². The van der Waals surface area contributed by atoms with E-state index in [9.17, 15) is 14.7 Å². The Morgan fingerprint density at radius 1 is 1.19 bits per heavy atom. The van der Waals surface area contributed by atoms with Crippen molar-refractivity contribution in [1.82, 2.24) is 4.90 Å². The monoisotopic (exact) mass is 359 g/mol. The molecule has 1 aliphatic rings. The van der Waals surface area contributed by atoms with E-state index in [-0.39, 0.29) is 18.4 Å². The van der Waals surface area contributed by atoms with Crippen molar-refractivity contribution in [1.29, 1.82) is 0 Å². The first-order chi connectivity index (χ1) is 12.6. The largest absolute Gasteiger partial charge is 0.481 e. The van der Waals surface area contributed by atoms with Crippen LogP contribution >= 0.6 is 0 Å². The van der Waals surface area contributed by atoms with E-state index in [1.807, 2.05) is 41.3 Å². The molecule has 0 radical (unpaired) electrons. The van der Waals surface area contributed by atoms with Gasteiger partial charge in [-0.3, -0.25) is 9.59 Å². The number of carboxylic acids is 1. The zero-order chi connectivity index (χ0) is 18.8. The lowest BCUT2D eigenvalue weighted by Crippen LogP contribution is -2.32. The summed E-state index contributed by atoms with van der Waals surface area (Å²) in [6, 6.07) is 9.92. The highest BCUT2D eigenvalue weighted by molar-refractivity contribution is 5.79. The first-order valence-corrected chi connectivity index (χ1v) is 9.48. The summed E-state index contributed by atoms with van der Waals surface area (Å²) in [6.07, 6.45) is 8.75. The van der Waals surface area contributed by atoms with Crippen LogP contribution in [0, 0.1) is 0 Å². The minimum atomic E-state index is -0.751. The lowest BCUT2D eigenvalue weighted by molar-refractivity contribution is -0.137. The summed E-state index contributed by atoms with van der Waals surface area (Å²) in [5.41, 5.74) is 1.09. The third-order valence-corrected chi connectivity index (χ3v) is 4.76. The molecule has 0 unspecified atom stereocenters. The molecule has 26 heavy (non-hydrogen) atoms. The number of aliphatic carboxylic acids is 1. The van der Waals surface area contributed by atoms with E-state index in [0.717, 1.165) is 31.2 Å². The van der Waals surface area contributed by atoms with Crippen LogP contribution in [0.3, 0.4) is 0 Å². The highest BCUT2D eigenvalue weighted by Crippen LogP contribution is 2.21. The molecule has 1 fully saturated rings. The number of likely N-dealkylation sites (tertiary alicyclic amines) is 1. The third-order valence-electron chi connectivity index (χ3n) is 4.76. The molecule has 0 bridgehead atoms. The van der Waals surface area contributed by atoms with Gasteiger partial charge >= 0.3 is 5.97 Å². The van der Waals surface area contributed by atoms with Gasteiger partial charge in [0.15, 0.2) is 0 Å². The van der Waals surface area contributed by atoms with Crippen LogP contribution in [0.5, 0.6) is 0 Å². The maximum atomic E-state index is 12.1. The second kappa shape index (κ2) is 10.8. The Morgan fingerprint density at radius 3 is 2.65 bits per heavy atom. The zero-order valence-corrected chi connectivity index (χ0v) is 15.2. The van der Waals surface area contributed by atoms with Gasteiger partial charge in [0.2, 0.25) is 5.91 Å². The summed E-state index contributed by atoms with van der Waals surface area (Å²) in [5.74, 6) is -0.582. The van der Waals surface area contributed by atoms with Crippen LogP contribution in [-0.2, 0) is 16.0 Å². The molecular weight excluding hydrogens is 330 g/mol. The van der Waals surface area contributed by atoms with Crippen LogP contribution in [0.15, 0.2) is 42.5 Å². The van der Waals surface area contributed by atoms with Crippen molar-refractivity contribution in [2.24, 2.45) is 0 Å². The molecule has 1 heterocycles. The quantitative estimate of drug-likeness (QED) is 0.470. The first-order valence-electron chi connectivity index (χ1n) is 9.48. The van der Waals surface area contributed by atoms with Crippen LogP contribution in [0.25, 0.3) is 0 Å². The maximum absolute atomic E-state index is 12.1. The van der Waals surface area contributed by atoms with Crippen molar-refractivity contribution in [3.63, 3.8) is 0 Å². The summed E-state index contributed by atoms with van der Waals surface area (Å²) in [5, 5.41) is 18.8. The minimum absolute atomic E-state index is 0.0620. The van der Waals surface area contributed by atoms with E-state index >= 15 is 0 Å². The van der Waals surface area contributed by atoms with E-state index < -0.39 is 12.1 Å². The summed E-state index contributed by atoms with van der Waals surface area (Å²) >= 11 is 0. The van der Waals surface area contributed by atoms with Gasteiger partial charge in [0.05, 0.1) is 12.1 Å². The second-order valence-electron chi connectivity index (χ2n) is 6.89. The Labute approximate surface area is 155 Å². The fraction of sp³-hybridized carbons (Fsp3) is 0.524. The number of aliphatic hydroxyl groups excluding tert-OH is 1. The number of carbonyl (C=O) groups excluding carboxylic acids is 1. The summed E-state index contributed by atoms with van der Waals surface area (Å²) in [4.78, 5) is 24.5. The topological polar surface area (TPSA) is 77.8 Å². The number of benzene rings is 1. The lowest BCUT2D eigenvalue weighted by Gasteiger charge is -2.22. The Balaban J connectivity index is 1.74. The lowest BCUT2D eigenvalue weighted by atomic mass is 10.1. The number of carbonyl (C=O) groups is 2. The molecule has 2 atom stereocenters. The number of amides is 1. The molecule has 5 nitrogen and oxygen atoms in total. The highest BCUT2D eigenvalue weighted by Gasteiger charge is 2.28. The van der Waals surface area contributed by atoms with E-state index in [4.69, 9.17) is 5.11 Å². The van der Waals surface area contributed by atoms with E-state index in [2.05, 4.69) is 0 Å². The van der Waals surface area contributed by atoms with Crippen LogP contribution < -0.4 is 0 Å². The van der Waals surface area contributed by atoms with Gasteiger partial charge in [0.1, 0.15) is 0 Å². The summed E-state index contributed by atoms with van der Waals surface area (Å²) < 4.78 is 0. The van der Waals surface area contributed by atoms with Gasteiger partial charge in [0, 0.05) is 25.8 Å². The number of rotatable bonds is 11. The van der Waals surface area contributed by atoms with Gasteiger partial charge in [-0.05, 0) is 24.8 Å². The van der Waals surface area contributed by atoms with E-state index in [1.54, 1.807) is 6.08 Å². The second-order valence-corrected chi connectivity index (χ2v) is 6.89. The maximum Gasteiger partial charge on any atom is 0.303 e. The molecule has 0 spiro atoms. The van der Waals surface area contributed by atoms with Crippen LogP contribution in [-0.4, -0.2) is 45.7 Å². The van der Waals surface area contributed by atoms with Crippen LogP contribution in [0.1, 0.15) is 50.5 Å². The Kier molecular flexibility index (Phi) is 8.35. The standard InChI is InChI=1S/C21H29NO4/c23-19(16-17-8-4-3-5-9-17)13-11-18-12-14-20(24)22(18)15-7-2-1-6-10-21(25)26/h3-5,8-9,11,13,18-19,23H,1-2,6-7,10,12,14-16H2,(H,25,26)/b13-11+/t18-,19+/m0/s1. The zero-order valence-electron chi connectivity index (χ0n) is 15.2.